The molecule has 0 saturated heterocycles. The Balaban J connectivity index is 2.21. The summed E-state index contributed by atoms with van der Waals surface area (Å²) >= 11 is 0. The molecule has 2 nitrogen and oxygen atoms in total. The Kier molecular flexibility index (Phi) is 6.29. The summed E-state index contributed by atoms with van der Waals surface area (Å²) < 4.78 is 0. The first-order valence-electron chi connectivity index (χ1n) is 6.03. The first kappa shape index (κ1) is 12.7. The second-order valence-electron chi connectivity index (χ2n) is 4.01. The van der Waals surface area contributed by atoms with Crippen LogP contribution >= 0.6 is 0 Å². The van der Waals surface area contributed by atoms with Crippen LogP contribution in [0, 0.1) is 11.3 Å². The monoisotopic (exact) mass is 216 g/mol. The Labute approximate surface area is 98.3 Å². The lowest BCUT2D eigenvalue weighted by Crippen LogP contribution is -2.29. The van der Waals surface area contributed by atoms with E-state index in [2.05, 4.69) is 30.4 Å². The van der Waals surface area contributed by atoms with Gasteiger partial charge in [0.05, 0.1) is 12.1 Å². The molecule has 0 radical (unpaired) electrons. The van der Waals surface area contributed by atoms with Crippen LogP contribution in [0.2, 0.25) is 0 Å². The van der Waals surface area contributed by atoms with E-state index in [1.165, 1.54) is 5.56 Å². The Bertz CT molecular complexity index is 313. The van der Waals surface area contributed by atoms with Gasteiger partial charge in [0.2, 0.25) is 0 Å². The van der Waals surface area contributed by atoms with Gasteiger partial charge in [-0.3, -0.25) is 0 Å². The maximum atomic E-state index is 8.94. The van der Waals surface area contributed by atoms with Crippen LogP contribution in [0.25, 0.3) is 0 Å². The summed E-state index contributed by atoms with van der Waals surface area (Å²) in [5, 5.41) is 12.2. The average Bonchev–Trinajstić information content (AvgIpc) is 2.35. The molecule has 1 unspecified atom stereocenters. The van der Waals surface area contributed by atoms with E-state index in [4.69, 9.17) is 5.26 Å². The second-order valence-corrected chi connectivity index (χ2v) is 4.01. The van der Waals surface area contributed by atoms with E-state index in [1.54, 1.807) is 0 Å². The molecule has 0 aliphatic rings. The molecule has 0 aliphatic heterocycles. The molecule has 1 N–H and O–H groups in total. The predicted octanol–water partition coefficient (Wildman–Crippen LogP) is 2.90. The standard InChI is InChI=1S/C14H20N2/c1-2-3-9-14(12-15)16-11-10-13-7-5-4-6-8-13/h4-8,14,16H,2-3,9-11H2,1H3. The van der Waals surface area contributed by atoms with Crippen LogP contribution in [0.15, 0.2) is 30.3 Å². The Morgan fingerprint density at radius 1 is 1.31 bits per heavy atom. The lowest BCUT2D eigenvalue weighted by Gasteiger charge is -2.10. The van der Waals surface area contributed by atoms with Crippen LogP contribution in [0.4, 0.5) is 0 Å². The van der Waals surface area contributed by atoms with Crippen molar-refractivity contribution in [3.05, 3.63) is 35.9 Å². The fraction of sp³-hybridized carbons (Fsp3) is 0.500. The van der Waals surface area contributed by atoms with E-state index in [9.17, 15) is 0 Å². The highest BCUT2D eigenvalue weighted by Crippen LogP contribution is 2.01. The van der Waals surface area contributed by atoms with Gasteiger partial charge in [-0.1, -0.05) is 50.1 Å². The van der Waals surface area contributed by atoms with Gasteiger partial charge in [-0.2, -0.15) is 5.26 Å². The Morgan fingerprint density at radius 3 is 2.69 bits per heavy atom. The third-order valence-corrected chi connectivity index (χ3v) is 2.65. The summed E-state index contributed by atoms with van der Waals surface area (Å²) in [6, 6.07) is 12.7. The van der Waals surface area contributed by atoms with E-state index < -0.39 is 0 Å². The summed E-state index contributed by atoms with van der Waals surface area (Å²) in [7, 11) is 0. The van der Waals surface area contributed by atoms with Gasteiger partial charge < -0.3 is 5.32 Å². The summed E-state index contributed by atoms with van der Waals surface area (Å²) in [5.74, 6) is 0. The summed E-state index contributed by atoms with van der Waals surface area (Å²) in [5.41, 5.74) is 1.32. The number of unbranched alkanes of at least 4 members (excludes halogenated alkanes) is 1. The molecule has 1 aromatic carbocycles. The third kappa shape index (κ3) is 4.95. The van der Waals surface area contributed by atoms with Gasteiger partial charge in [-0.15, -0.1) is 0 Å². The summed E-state index contributed by atoms with van der Waals surface area (Å²) in [6.07, 6.45) is 4.22. The number of rotatable bonds is 7. The lowest BCUT2D eigenvalue weighted by atomic mass is 10.1. The molecule has 86 valence electrons. The molecule has 0 saturated carbocycles. The molecule has 2 heteroatoms. The lowest BCUT2D eigenvalue weighted by molar-refractivity contribution is 0.543. The van der Waals surface area contributed by atoms with Crippen LogP contribution in [-0.4, -0.2) is 12.6 Å². The number of nitriles is 1. The van der Waals surface area contributed by atoms with Crippen molar-refractivity contribution in [3.8, 4) is 6.07 Å². The van der Waals surface area contributed by atoms with Crippen molar-refractivity contribution in [2.75, 3.05) is 6.54 Å². The number of nitrogens with one attached hydrogen (secondary N) is 1. The van der Waals surface area contributed by atoms with Gasteiger partial charge in [0.15, 0.2) is 0 Å². The number of hydrogen-bond acceptors (Lipinski definition) is 2. The van der Waals surface area contributed by atoms with Crippen molar-refractivity contribution in [3.63, 3.8) is 0 Å². The molecule has 1 rings (SSSR count). The minimum atomic E-state index is 0.0173. The smallest absolute Gasteiger partial charge is 0.0953 e. The Morgan fingerprint density at radius 2 is 2.06 bits per heavy atom. The van der Waals surface area contributed by atoms with E-state index in [1.807, 2.05) is 18.2 Å². The first-order valence-corrected chi connectivity index (χ1v) is 6.03. The van der Waals surface area contributed by atoms with Crippen molar-refractivity contribution in [1.29, 1.82) is 5.26 Å². The summed E-state index contributed by atoms with van der Waals surface area (Å²) in [6.45, 7) is 3.03. The van der Waals surface area contributed by atoms with Crippen molar-refractivity contribution >= 4 is 0 Å². The zero-order valence-electron chi connectivity index (χ0n) is 9.95. The fourth-order valence-corrected chi connectivity index (χ4v) is 1.66. The van der Waals surface area contributed by atoms with E-state index in [-0.39, 0.29) is 6.04 Å². The molecule has 1 aromatic rings. The van der Waals surface area contributed by atoms with E-state index >= 15 is 0 Å². The van der Waals surface area contributed by atoms with Gasteiger partial charge in [0.25, 0.3) is 0 Å². The van der Waals surface area contributed by atoms with Gasteiger partial charge in [0.1, 0.15) is 0 Å². The van der Waals surface area contributed by atoms with Crippen LogP contribution < -0.4 is 5.32 Å². The molecule has 16 heavy (non-hydrogen) atoms. The predicted molar refractivity (Wildman–Crippen MR) is 67.1 cm³/mol. The molecular weight excluding hydrogens is 196 g/mol. The molecule has 0 amide bonds. The van der Waals surface area contributed by atoms with E-state index in [0.717, 1.165) is 32.2 Å². The zero-order valence-corrected chi connectivity index (χ0v) is 9.95. The molecule has 0 spiro atoms. The van der Waals surface area contributed by atoms with Gasteiger partial charge >= 0.3 is 0 Å². The number of benzene rings is 1. The van der Waals surface area contributed by atoms with Crippen LogP contribution in [0.1, 0.15) is 31.7 Å². The quantitative estimate of drug-likeness (QED) is 0.760. The maximum absolute atomic E-state index is 8.94. The zero-order chi connectivity index (χ0) is 11.6. The normalized spacial score (nSPS) is 12.0. The minimum absolute atomic E-state index is 0.0173. The molecule has 0 aromatic heterocycles. The van der Waals surface area contributed by atoms with Crippen molar-refractivity contribution in [2.24, 2.45) is 0 Å². The molecule has 1 atom stereocenters. The third-order valence-electron chi connectivity index (χ3n) is 2.65. The van der Waals surface area contributed by atoms with Gasteiger partial charge in [-0.25, -0.2) is 0 Å². The first-order chi connectivity index (χ1) is 7.86. The number of hydrogen-bond donors (Lipinski definition) is 1. The molecule has 0 fully saturated rings. The van der Waals surface area contributed by atoms with E-state index in [0.29, 0.717) is 0 Å². The van der Waals surface area contributed by atoms with Crippen molar-refractivity contribution in [2.45, 2.75) is 38.6 Å². The largest absolute Gasteiger partial charge is 0.302 e. The highest BCUT2D eigenvalue weighted by Gasteiger charge is 2.04. The molecule has 0 bridgehead atoms. The topological polar surface area (TPSA) is 35.8 Å². The van der Waals surface area contributed by atoms with Crippen LogP contribution in [0.3, 0.4) is 0 Å². The van der Waals surface area contributed by atoms with Crippen molar-refractivity contribution in [1.82, 2.24) is 5.32 Å². The van der Waals surface area contributed by atoms with Crippen LogP contribution in [0.5, 0.6) is 0 Å². The Hall–Kier alpha value is -1.33. The summed E-state index contributed by atoms with van der Waals surface area (Å²) in [4.78, 5) is 0. The SMILES string of the molecule is CCCCC(C#N)NCCc1ccccc1. The van der Waals surface area contributed by atoms with Crippen LogP contribution in [-0.2, 0) is 6.42 Å². The minimum Gasteiger partial charge on any atom is -0.302 e. The van der Waals surface area contributed by atoms with Crippen molar-refractivity contribution < 1.29 is 0 Å². The number of nitrogens with zero attached hydrogens (tertiary/aromatic N) is 1. The maximum Gasteiger partial charge on any atom is 0.0953 e. The molecule has 0 heterocycles. The fourth-order valence-electron chi connectivity index (χ4n) is 1.66. The molecule has 0 aliphatic carbocycles. The highest BCUT2D eigenvalue weighted by atomic mass is 14.9. The average molecular weight is 216 g/mol. The van der Waals surface area contributed by atoms with Gasteiger partial charge in [-0.05, 0) is 18.4 Å². The second kappa shape index (κ2) is 7.90. The highest BCUT2D eigenvalue weighted by molar-refractivity contribution is 5.14. The van der Waals surface area contributed by atoms with Gasteiger partial charge in [0, 0.05) is 6.54 Å². The molecular formula is C14H20N2.